The molecule has 2 aromatic carbocycles. The molecule has 0 unspecified atom stereocenters. The third-order valence-corrected chi connectivity index (χ3v) is 2.48. The van der Waals surface area contributed by atoms with Gasteiger partial charge in [0.1, 0.15) is 11.5 Å². The lowest BCUT2D eigenvalue weighted by Crippen LogP contribution is -2.05. The number of benzene rings is 2. The van der Waals surface area contributed by atoms with E-state index in [1.54, 1.807) is 24.3 Å². The summed E-state index contributed by atoms with van der Waals surface area (Å²) in [6.07, 6.45) is 2.21. The van der Waals surface area contributed by atoms with Gasteiger partial charge in [0.15, 0.2) is 5.78 Å². The molecule has 1 N–H and O–H groups in total. The summed E-state index contributed by atoms with van der Waals surface area (Å²) in [5.74, 6) is -0.466. The normalized spacial score (nSPS) is 10.4. The highest BCUT2D eigenvalue weighted by molar-refractivity contribution is 6.07. The van der Waals surface area contributed by atoms with Crippen LogP contribution in [0.15, 0.2) is 66.7 Å². The molecule has 0 aliphatic heterocycles. The summed E-state index contributed by atoms with van der Waals surface area (Å²) in [5, 5.41) is 9.12. The summed E-state index contributed by atoms with van der Waals surface area (Å²) in [6, 6.07) is 14.4. The Hall–Kier alpha value is -2.88. The number of phenolic OH excluding ortho intramolecular Hbond substituents is 1. The predicted octanol–water partition coefficient (Wildman–Crippen LogP) is 2.74. The van der Waals surface area contributed by atoms with E-state index in [0.29, 0.717) is 11.3 Å². The van der Waals surface area contributed by atoms with E-state index in [9.17, 15) is 9.59 Å². The molecule has 0 fully saturated rings. The Kier molecular flexibility index (Phi) is 4.29. The summed E-state index contributed by atoms with van der Waals surface area (Å²) in [7, 11) is 0. The summed E-state index contributed by atoms with van der Waals surface area (Å²) >= 11 is 0. The number of ether oxygens (including phenoxy) is 1. The van der Waals surface area contributed by atoms with Gasteiger partial charge in [-0.3, -0.25) is 4.79 Å². The molecular weight excluding hydrogens is 256 g/mol. The first-order chi connectivity index (χ1) is 9.65. The van der Waals surface area contributed by atoms with Crippen molar-refractivity contribution in [1.82, 2.24) is 0 Å². The molecule has 2 aromatic rings. The maximum Gasteiger partial charge on any atom is 0.336 e. The van der Waals surface area contributed by atoms with Crippen molar-refractivity contribution in [3.05, 3.63) is 72.3 Å². The van der Waals surface area contributed by atoms with Crippen molar-refractivity contribution in [3.8, 4) is 11.5 Å². The van der Waals surface area contributed by atoms with Gasteiger partial charge in [0.2, 0.25) is 0 Å². The lowest BCUT2D eigenvalue weighted by molar-refractivity contribution is -0.129. The molecule has 4 nitrogen and oxygen atoms in total. The molecule has 0 amide bonds. The SMILES string of the molecule is O=C(/C=C/C(=O)c1ccc(O)cc1)Oc1ccccc1. The van der Waals surface area contributed by atoms with Crippen molar-refractivity contribution in [2.75, 3.05) is 0 Å². The summed E-state index contributed by atoms with van der Waals surface area (Å²) in [6.45, 7) is 0. The molecular formula is C16H12O4. The first-order valence-corrected chi connectivity index (χ1v) is 5.93. The zero-order chi connectivity index (χ0) is 14.4. The van der Waals surface area contributed by atoms with Gasteiger partial charge in [0, 0.05) is 11.6 Å². The molecule has 100 valence electrons. The predicted molar refractivity (Wildman–Crippen MR) is 73.7 cm³/mol. The first kappa shape index (κ1) is 13.5. The molecule has 0 heterocycles. The van der Waals surface area contributed by atoms with Gasteiger partial charge in [-0.15, -0.1) is 0 Å². The number of para-hydroxylation sites is 1. The fourth-order valence-electron chi connectivity index (χ4n) is 1.50. The highest BCUT2D eigenvalue weighted by Crippen LogP contribution is 2.11. The van der Waals surface area contributed by atoms with E-state index in [0.717, 1.165) is 12.2 Å². The van der Waals surface area contributed by atoms with Crippen LogP contribution in [0.4, 0.5) is 0 Å². The van der Waals surface area contributed by atoms with Gasteiger partial charge in [-0.25, -0.2) is 4.79 Å². The monoisotopic (exact) mass is 268 g/mol. The number of carbonyl (C=O) groups excluding carboxylic acids is 2. The average molecular weight is 268 g/mol. The summed E-state index contributed by atoms with van der Waals surface area (Å²) < 4.78 is 5.00. The number of allylic oxidation sites excluding steroid dienone is 1. The maximum absolute atomic E-state index is 11.7. The summed E-state index contributed by atoms with van der Waals surface area (Å²) in [5.41, 5.74) is 0.381. The number of carbonyl (C=O) groups is 2. The fourth-order valence-corrected chi connectivity index (χ4v) is 1.50. The van der Waals surface area contributed by atoms with Gasteiger partial charge in [0.05, 0.1) is 0 Å². The van der Waals surface area contributed by atoms with Crippen LogP contribution in [0.5, 0.6) is 11.5 Å². The summed E-state index contributed by atoms with van der Waals surface area (Å²) in [4.78, 5) is 23.2. The van der Waals surface area contributed by atoms with Crippen LogP contribution < -0.4 is 4.74 Å². The standard InChI is InChI=1S/C16H12O4/c17-13-8-6-12(7-9-13)15(18)10-11-16(19)20-14-4-2-1-3-5-14/h1-11,17H/b11-10+. The molecule has 0 spiro atoms. The average Bonchev–Trinajstić information content (AvgIpc) is 2.46. The molecule has 0 aliphatic rings. The molecule has 2 rings (SSSR count). The van der Waals surface area contributed by atoms with E-state index in [2.05, 4.69) is 0 Å². The Morgan fingerprint density at radius 2 is 1.55 bits per heavy atom. The second-order valence-electron chi connectivity index (χ2n) is 3.98. The van der Waals surface area contributed by atoms with Crippen molar-refractivity contribution in [3.63, 3.8) is 0 Å². The van der Waals surface area contributed by atoms with E-state index < -0.39 is 5.97 Å². The minimum Gasteiger partial charge on any atom is -0.508 e. The second-order valence-corrected chi connectivity index (χ2v) is 3.98. The highest BCUT2D eigenvalue weighted by atomic mass is 16.5. The number of rotatable bonds is 4. The Labute approximate surface area is 115 Å². The van der Waals surface area contributed by atoms with E-state index in [1.165, 1.54) is 24.3 Å². The molecule has 0 atom stereocenters. The van der Waals surface area contributed by atoms with E-state index in [4.69, 9.17) is 9.84 Å². The first-order valence-electron chi connectivity index (χ1n) is 5.93. The van der Waals surface area contributed by atoms with Gasteiger partial charge in [-0.1, -0.05) is 18.2 Å². The van der Waals surface area contributed by atoms with Crippen LogP contribution in [0, 0.1) is 0 Å². The topological polar surface area (TPSA) is 63.6 Å². The van der Waals surface area contributed by atoms with Crippen LogP contribution >= 0.6 is 0 Å². The minimum absolute atomic E-state index is 0.0778. The second kappa shape index (κ2) is 6.33. The van der Waals surface area contributed by atoms with Crippen molar-refractivity contribution in [1.29, 1.82) is 0 Å². The van der Waals surface area contributed by atoms with Crippen LogP contribution in [-0.2, 0) is 4.79 Å². The quantitative estimate of drug-likeness (QED) is 0.401. The van der Waals surface area contributed by atoms with Crippen molar-refractivity contribution in [2.45, 2.75) is 0 Å². The van der Waals surface area contributed by atoms with Crippen molar-refractivity contribution in [2.24, 2.45) is 0 Å². The smallest absolute Gasteiger partial charge is 0.336 e. The lowest BCUT2D eigenvalue weighted by atomic mass is 10.1. The molecule has 0 saturated carbocycles. The number of phenols is 1. The van der Waals surface area contributed by atoms with Crippen LogP contribution in [0.3, 0.4) is 0 Å². The Balaban J connectivity index is 1.97. The van der Waals surface area contributed by atoms with Crippen LogP contribution in [0.2, 0.25) is 0 Å². The number of aromatic hydroxyl groups is 1. The van der Waals surface area contributed by atoms with Gasteiger partial charge in [-0.2, -0.15) is 0 Å². The molecule has 0 saturated heterocycles. The Bertz CT molecular complexity index is 627. The molecule has 4 heteroatoms. The molecule has 0 aliphatic carbocycles. The fraction of sp³-hybridized carbons (Fsp3) is 0. The number of hydrogen-bond donors (Lipinski definition) is 1. The minimum atomic E-state index is -0.622. The largest absolute Gasteiger partial charge is 0.508 e. The maximum atomic E-state index is 11.7. The lowest BCUT2D eigenvalue weighted by Gasteiger charge is -1.99. The van der Waals surface area contributed by atoms with Gasteiger partial charge in [0.25, 0.3) is 0 Å². The molecule has 0 aromatic heterocycles. The van der Waals surface area contributed by atoms with Crippen molar-refractivity contribution < 1.29 is 19.4 Å². The molecule has 0 radical (unpaired) electrons. The van der Waals surface area contributed by atoms with Gasteiger partial charge in [-0.05, 0) is 42.5 Å². The molecule has 20 heavy (non-hydrogen) atoms. The van der Waals surface area contributed by atoms with Crippen molar-refractivity contribution >= 4 is 11.8 Å². The Morgan fingerprint density at radius 1 is 0.900 bits per heavy atom. The van der Waals surface area contributed by atoms with Gasteiger partial charge >= 0.3 is 5.97 Å². The highest BCUT2D eigenvalue weighted by Gasteiger charge is 2.04. The van der Waals surface area contributed by atoms with Crippen LogP contribution in [-0.4, -0.2) is 16.9 Å². The third-order valence-electron chi connectivity index (χ3n) is 2.48. The Morgan fingerprint density at radius 3 is 2.20 bits per heavy atom. The molecule has 0 bridgehead atoms. The van der Waals surface area contributed by atoms with E-state index in [1.807, 2.05) is 6.07 Å². The number of ketones is 1. The van der Waals surface area contributed by atoms with Crippen LogP contribution in [0.1, 0.15) is 10.4 Å². The van der Waals surface area contributed by atoms with E-state index >= 15 is 0 Å². The van der Waals surface area contributed by atoms with E-state index in [-0.39, 0.29) is 11.5 Å². The third kappa shape index (κ3) is 3.81. The number of hydrogen-bond acceptors (Lipinski definition) is 4. The number of esters is 1. The van der Waals surface area contributed by atoms with Gasteiger partial charge < -0.3 is 9.84 Å². The zero-order valence-corrected chi connectivity index (χ0v) is 10.5. The zero-order valence-electron chi connectivity index (χ0n) is 10.5. The van der Waals surface area contributed by atoms with Crippen LogP contribution in [0.25, 0.3) is 0 Å².